The molecule has 1 aromatic carbocycles. The van der Waals surface area contributed by atoms with Gasteiger partial charge in [0.2, 0.25) is 0 Å². The molecule has 19 heavy (non-hydrogen) atoms. The van der Waals surface area contributed by atoms with E-state index in [1.54, 1.807) is 6.07 Å². The molecule has 0 aliphatic carbocycles. The summed E-state index contributed by atoms with van der Waals surface area (Å²) in [5, 5.41) is 3.48. The van der Waals surface area contributed by atoms with Gasteiger partial charge < -0.3 is 9.73 Å². The Hall–Kier alpha value is -2.10. The van der Waals surface area contributed by atoms with Gasteiger partial charge in [-0.3, -0.25) is 4.79 Å². The molecule has 1 amide bonds. The van der Waals surface area contributed by atoms with Gasteiger partial charge in [-0.05, 0) is 24.5 Å². The smallest absolute Gasteiger partial charge is 0.349 e. The SMILES string of the molecule is Cc1cccc2cc(C(=O)NCC(C)C)c(=O)oc12. The number of hydrogen-bond donors (Lipinski definition) is 1. The highest BCUT2D eigenvalue weighted by Crippen LogP contribution is 2.17. The highest BCUT2D eigenvalue weighted by molar-refractivity contribution is 5.96. The van der Waals surface area contributed by atoms with E-state index in [1.165, 1.54) is 0 Å². The normalized spacial score (nSPS) is 10.9. The zero-order valence-electron chi connectivity index (χ0n) is 11.3. The second kappa shape index (κ2) is 5.26. The third kappa shape index (κ3) is 2.84. The van der Waals surface area contributed by atoms with E-state index in [1.807, 2.05) is 39.0 Å². The number of para-hydroxylation sites is 1. The average Bonchev–Trinajstić information content (AvgIpc) is 2.36. The molecule has 0 unspecified atom stereocenters. The molecular formula is C15H17NO3. The molecule has 0 saturated carbocycles. The Kier molecular flexibility index (Phi) is 3.69. The number of carbonyl (C=O) groups is 1. The molecule has 2 aromatic rings. The molecule has 0 spiro atoms. The fraction of sp³-hybridized carbons (Fsp3) is 0.333. The van der Waals surface area contributed by atoms with Crippen molar-refractivity contribution < 1.29 is 9.21 Å². The first-order valence-electron chi connectivity index (χ1n) is 6.30. The van der Waals surface area contributed by atoms with Crippen molar-refractivity contribution in [3.05, 3.63) is 45.8 Å². The molecule has 1 N–H and O–H groups in total. The molecule has 100 valence electrons. The highest BCUT2D eigenvalue weighted by Gasteiger charge is 2.14. The van der Waals surface area contributed by atoms with Gasteiger partial charge in [0, 0.05) is 11.9 Å². The fourth-order valence-corrected chi connectivity index (χ4v) is 1.84. The van der Waals surface area contributed by atoms with Crippen LogP contribution in [0.25, 0.3) is 11.0 Å². The van der Waals surface area contributed by atoms with Gasteiger partial charge in [-0.25, -0.2) is 4.79 Å². The summed E-state index contributed by atoms with van der Waals surface area (Å²) in [5.74, 6) is -0.0513. The number of carbonyl (C=O) groups excluding carboxylic acids is 1. The maximum atomic E-state index is 11.9. The van der Waals surface area contributed by atoms with Crippen molar-refractivity contribution in [3.63, 3.8) is 0 Å². The third-order valence-electron chi connectivity index (χ3n) is 2.87. The van der Waals surface area contributed by atoms with Crippen LogP contribution in [0.4, 0.5) is 0 Å². The molecule has 1 heterocycles. The third-order valence-corrected chi connectivity index (χ3v) is 2.87. The fourth-order valence-electron chi connectivity index (χ4n) is 1.84. The molecule has 0 saturated heterocycles. The van der Waals surface area contributed by atoms with Crippen LogP contribution in [-0.2, 0) is 0 Å². The Labute approximate surface area is 111 Å². The van der Waals surface area contributed by atoms with Crippen LogP contribution in [0.5, 0.6) is 0 Å². The van der Waals surface area contributed by atoms with Gasteiger partial charge >= 0.3 is 5.63 Å². The van der Waals surface area contributed by atoms with Gasteiger partial charge in [-0.1, -0.05) is 32.0 Å². The van der Waals surface area contributed by atoms with Crippen LogP contribution < -0.4 is 10.9 Å². The van der Waals surface area contributed by atoms with E-state index < -0.39 is 5.63 Å². The first-order valence-corrected chi connectivity index (χ1v) is 6.30. The minimum absolute atomic E-state index is 0.0544. The quantitative estimate of drug-likeness (QED) is 0.861. The van der Waals surface area contributed by atoms with Crippen molar-refractivity contribution in [3.8, 4) is 0 Å². The largest absolute Gasteiger partial charge is 0.422 e. The first kappa shape index (κ1) is 13.3. The van der Waals surface area contributed by atoms with E-state index in [0.29, 0.717) is 18.0 Å². The molecule has 0 fully saturated rings. The average molecular weight is 259 g/mol. The number of amides is 1. The topological polar surface area (TPSA) is 59.3 Å². The monoisotopic (exact) mass is 259 g/mol. The molecule has 4 heteroatoms. The molecule has 0 atom stereocenters. The lowest BCUT2D eigenvalue weighted by molar-refractivity contribution is 0.0945. The van der Waals surface area contributed by atoms with Crippen LogP contribution in [0.1, 0.15) is 29.8 Å². The van der Waals surface area contributed by atoms with Crippen LogP contribution in [0.15, 0.2) is 33.5 Å². The van der Waals surface area contributed by atoms with Gasteiger partial charge in [0.25, 0.3) is 5.91 Å². The summed E-state index contributed by atoms with van der Waals surface area (Å²) in [6.45, 7) is 6.38. The molecule has 4 nitrogen and oxygen atoms in total. The summed E-state index contributed by atoms with van der Waals surface area (Å²) in [6, 6.07) is 7.14. The van der Waals surface area contributed by atoms with Gasteiger partial charge in [0.1, 0.15) is 11.1 Å². The molecule has 1 aromatic heterocycles. The van der Waals surface area contributed by atoms with E-state index in [0.717, 1.165) is 10.9 Å². The lowest BCUT2D eigenvalue weighted by atomic mass is 10.1. The summed E-state index contributed by atoms with van der Waals surface area (Å²) >= 11 is 0. The van der Waals surface area contributed by atoms with Gasteiger partial charge in [-0.2, -0.15) is 0 Å². The predicted octanol–water partition coefficient (Wildman–Crippen LogP) is 2.49. The zero-order valence-corrected chi connectivity index (χ0v) is 11.3. The maximum absolute atomic E-state index is 11.9. The lowest BCUT2D eigenvalue weighted by Gasteiger charge is -2.07. The Morgan fingerprint density at radius 3 is 2.79 bits per heavy atom. The highest BCUT2D eigenvalue weighted by atomic mass is 16.4. The number of benzene rings is 1. The van der Waals surface area contributed by atoms with Gasteiger partial charge in [-0.15, -0.1) is 0 Å². The minimum Gasteiger partial charge on any atom is -0.422 e. The Morgan fingerprint density at radius 1 is 1.37 bits per heavy atom. The number of fused-ring (bicyclic) bond motifs is 1. The zero-order chi connectivity index (χ0) is 14.0. The van der Waals surface area contributed by atoms with Gasteiger partial charge in [0.15, 0.2) is 0 Å². The maximum Gasteiger partial charge on any atom is 0.349 e. The van der Waals surface area contributed by atoms with Gasteiger partial charge in [0.05, 0.1) is 0 Å². The minimum atomic E-state index is -0.594. The Morgan fingerprint density at radius 2 is 2.11 bits per heavy atom. The second-order valence-electron chi connectivity index (χ2n) is 5.04. The van der Waals surface area contributed by atoms with E-state index in [2.05, 4.69) is 5.32 Å². The van der Waals surface area contributed by atoms with Crippen LogP contribution in [0.3, 0.4) is 0 Å². The molecule has 0 bridgehead atoms. The summed E-state index contributed by atoms with van der Waals surface area (Å²) in [6.07, 6.45) is 0. The van der Waals surface area contributed by atoms with Crippen LogP contribution in [-0.4, -0.2) is 12.5 Å². The van der Waals surface area contributed by atoms with Crippen molar-refractivity contribution in [2.45, 2.75) is 20.8 Å². The Bertz CT molecular complexity index is 671. The van der Waals surface area contributed by atoms with Crippen molar-refractivity contribution in [1.82, 2.24) is 5.32 Å². The number of nitrogens with one attached hydrogen (secondary N) is 1. The van der Waals surface area contributed by atoms with Crippen molar-refractivity contribution in [1.29, 1.82) is 0 Å². The van der Waals surface area contributed by atoms with E-state index in [4.69, 9.17) is 4.42 Å². The van der Waals surface area contributed by atoms with Crippen molar-refractivity contribution in [2.24, 2.45) is 5.92 Å². The van der Waals surface area contributed by atoms with E-state index in [9.17, 15) is 9.59 Å². The lowest BCUT2D eigenvalue weighted by Crippen LogP contribution is -2.31. The standard InChI is InChI=1S/C15H17NO3/c1-9(2)8-16-14(17)12-7-11-6-4-5-10(3)13(11)19-15(12)18/h4-7,9H,8H2,1-3H3,(H,16,17). The molecular weight excluding hydrogens is 242 g/mol. The number of rotatable bonds is 3. The molecule has 0 aliphatic rings. The summed E-state index contributed by atoms with van der Waals surface area (Å²) in [4.78, 5) is 23.8. The Balaban J connectivity index is 2.42. The van der Waals surface area contributed by atoms with Crippen molar-refractivity contribution in [2.75, 3.05) is 6.54 Å². The van der Waals surface area contributed by atoms with Crippen LogP contribution in [0, 0.1) is 12.8 Å². The number of hydrogen-bond acceptors (Lipinski definition) is 3. The predicted molar refractivity (Wildman–Crippen MR) is 74.4 cm³/mol. The summed E-state index contributed by atoms with van der Waals surface area (Å²) in [5.41, 5.74) is 0.874. The van der Waals surface area contributed by atoms with Crippen molar-refractivity contribution >= 4 is 16.9 Å². The van der Waals surface area contributed by atoms with Crippen LogP contribution in [0.2, 0.25) is 0 Å². The van der Waals surface area contributed by atoms with E-state index in [-0.39, 0.29) is 11.5 Å². The second-order valence-corrected chi connectivity index (χ2v) is 5.04. The molecule has 0 aliphatic heterocycles. The molecule has 2 rings (SSSR count). The van der Waals surface area contributed by atoms with Crippen LogP contribution >= 0.6 is 0 Å². The first-order chi connectivity index (χ1) is 8.99. The summed E-state index contributed by atoms with van der Waals surface area (Å²) < 4.78 is 5.24. The molecule has 0 radical (unpaired) electrons. The number of aryl methyl sites for hydroxylation is 1. The van der Waals surface area contributed by atoms with E-state index >= 15 is 0 Å². The summed E-state index contributed by atoms with van der Waals surface area (Å²) in [7, 11) is 0.